The molecule has 0 aliphatic rings. The van der Waals surface area contributed by atoms with E-state index >= 15 is 0 Å². The Morgan fingerprint density at radius 3 is 3.08 bits per heavy atom. The van der Waals surface area contributed by atoms with Crippen molar-refractivity contribution >= 4 is 50.7 Å². The number of carbonyl (C=O) groups is 1. The third-order valence-electron chi connectivity index (χ3n) is 3.24. The summed E-state index contributed by atoms with van der Waals surface area (Å²) in [5.74, 6) is 0.175. The van der Waals surface area contributed by atoms with Crippen LogP contribution in [-0.2, 0) is 9.53 Å². The molecule has 0 radical (unpaired) electrons. The highest BCUT2D eigenvalue weighted by molar-refractivity contribution is 8.01. The summed E-state index contributed by atoms with van der Waals surface area (Å²) in [7, 11) is 1.65. The van der Waals surface area contributed by atoms with Gasteiger partial charge in [0, 0.05) is 25.2 Å². The molecule has 7 nitrogen and oxygen atoms in total. The van der Waals surface area contributed by atoms with Crippen molar-refractivity contribution in [1.82, 2.24) is 15.2 Å². The van der Waals surface area contributed by atoms with Crippen molar-refractivity contribution in [2.75, 3.05) is 36.6 Å². The number of hydrogen-bond acceptors (Lipinski definition) is 8. The van der Waals surface area contributed by atoms with Gasteiger partial charge in [-0.25, -0.2) is 0 Å². The number of benzene rings is 1. The summed E-state index contributed by atoms with van der Waals surface area (Å²) in [5, 5.41) is 15.8. The van der Waals surface area contributed by atoms with Crippen LogP contribution >= 0.6 is 23.1 Å². The van der Waals surface area contributed by atoms with E-state index in [-0.39, 0.29) is 11.7 Å². The van der Waals surface area contributed by atoms with Crippen molar-refractivity contribution in [2.24, 2.45) is 0 Å². The molecule has 1 aromatic carbocycles. The number of nitrogens with zero attached hydrogens (tertiary/aromatic N) is 3. The number of thioether (sulfide) groups is 1. The lowest BCUT2D eigenvalue weighted by Gasteiger charge is -2.07. The summed E-state index contributed by atoms with van der Waals surface area (Å²) < 4.78 is 5.71. The first kappa shape index (κ1) is 17.6. The van der Waals surface area contributed by atoms with Gasteiger partial charge in [-0.15, -0.1) is 10.2 Å². The number of methoxy groups -OCH3 is 1. The average Bonchev–Trinajstić information content (AvgIpc) is 3.08. The molecule has 0 unspecified atom stereocenters. The van der Waals surface area contributed by atoms with Gasteiger partial charge in [0.2, 0.25) is 11.0 Å². The molecule has 0 bridgehead atoms. The van der Waals surface area contributed by atoms with Gasteiger partial charge in [0.05, 0.1) is 23.6 Å². The van der Waals surface area contributed by atoms with Crippen molar-refractivity contribution < 1.29 is 9.53 Å². The molecule has 25 heavy (non-hydrogen) atoms. The number of nitrogens with one attached hydrogen (secondary N) is 2. The van der Waals surface area contributed by atoms with E-state index in [4.69, 9.17) is 4.74 Å². The van der Waals surface area contributed by atoms with Crippen molar-refractivity contribution in [3.63, 3.8) is 0 Å². The quantitative estimate of drug-likeness (QED) is 0.462. The number of aromatic nitrogens is 3. The Hall–Kier alpha value is -2.23. The number of amides is 1. The van der Waals surface area contributed by atoms with Crippen molar-refractivity contribution in [2.45, 2.75) is 4.34 Å². The molecule has 2 N–H and O–H groups in total. The van der Waals surface area contributed by atoms with Gasteiger partial charge in [0.25, 0.3) is 0 Å². The Bertz CT molecular complexity index is 850. The summed E-state index contributed by atoms with van der Waals surface area (Å²) in [6, 6.07) is 9.45. The molecule has 3 aromatic rings. The molecule has 0 spiro atoms. The van der Waals surface area contributed by atoms with E-state index in [1.54, 1.807) is 13.3 Å². The van der Waals surface area contributed by atoms with Crippen LogP contribution in [0.1, 0.15) is 0 Å². The van der Waals surface area contributed by atoms with E-state index in [9.17, 15) is 4.79 Å². The van der Waals surface area contributed by atoms with E-state index in [0.29, 0.717) is 13.2 Å². The van der Waals surface area contributed by atoms with E-state index in [1.165, 1.54) is 23.1 Å². The summed E-state index contributed by atoms with van der Waals surface area (Å²) in [5.41, 5.74) is 1.61. The fourth-order valence-corrected chi connectivity index (χ4v) is 3.70. The van der Waals surface area contributed by atoms with Crippen LogP contribution in [0.15, 0.2) is 40.9 Å². The summed E-state index contributed by atoms with van der Waals surface area (Å²) in [4.78, 5) is 16.5. The molecule has 2 heterocycles. The molecule has 0 atom stereocenters. The van der Waals surface area contributed by atoms with Gasteiger partial charge >= 0.3 is 0 Å². The number of rotatable bonds is 8. The van der Waals surface area contributed by atoms with Gasteiger partial charge in [0.15, 0.2) is 4.34 Å². The van der Waals surface area contributed by atoms with Gasteiger partial charge in [-0.05, 0) is 24.3 Å². The minimum atomic E-state index is -0.0922. The van der Waals surface area contributed by atoms with Crippen molar-refractivity contribution in [3.8, 4) is 0 Å². The predicted octanol–water partition coefficient (Wildman–Crippen LogP) is 2.88. The van der Waals surface area contributed by atoms with Gasteiger partial charge in [0.1, 0.15) is 0 Å². The lowest BCUT2D eigenvalue weighted by Crippen LogP contribution is -2.14. The Kier molecular flexibility index (Phi) is 6.15. The lowest BCUT2D eigenvalue weighted by molar-refractivity contribution is -0.113. The largest absolute Gasteiger partial charge is 0.383 e. The molecule has 0 saturated heterocycles. The monoisotopic (exact) mass is 375 g/mol. The smallest absolute Gasteiger partial charge is 0.234 e. The highest BCUT2D eigenvalue weighted by atomic mass is 32.2. The zero-order chi connectivity index (χ0) is 17.5. The molecule has 2 aromatic heterocycles. The number of carbonyl (C=O) groups excluding carboxylic acids is 1. The third-order valence-corrected chi connectivity index (χ3v) is 5.25. The zero-order valence-electron chi connectivity index (χ0n) is 13.6. The van der Waals surface area contributed by atoms with Crippen LogP contribution in [0.3, 0.4) is 0 Å². The van der Waals surface area contributed by atoms with Crippen molar-refractivity contribution in [1.29, 1.82) is 0 Å². The van der Waals surface area contributed by atoms with Gasteiger partial charge in [-0.3, -0.25) is 9.78 Å². The molecule has 3 rings (SSSR count). The first-order valence-corrected chi connectivity index (χ1v) is 9.39. The first-order chi connectivity index (χ1) is 12.3. The van der Waals surface area contributed by atoms with Crippen LogP contribution in [0, 0.1) is 0 Å². The highest BCUT2D eigenvalue weighted by Gasteiger charge is 2.10. The van der Waals surface area contributed by atoms with Gasteiger partial charge in [-0.1, -0.05) is 29.2 Å². The molecular weight excluding hydrogens is 358 g/mol. The Morgan fingerprint density at radius 1 is 1.28 bits per heavy atom. The SMILES string of the molecule is COCCNc1nnc(SCC(=O)Nc2cccc3ncccc23)s1. The van der Waals surface area contributed by atoms with Crippen LogP contribution in [0.2, 0.25) is 0 Å². The molecule has 0 saturated carbocycles. The van der Waals surface area contributed by atoms with E-state index in [0.717, 1.165) is 26.1 Å². The molecule has 9 heteroatoms. The second kappa shape index (κ2) is 8.75. The van der Waals surface area contributed by atoms with Crippen LogP contribution in [-0.4, -0.2) is 47.1 Å². The molecule has 0 fully saturated rings. The Morgan fingerprint density at radius 2 is 2.20 bits per heavy atom. The van der Waals surface area contributed by atoms with Crippen LogP contribution in [0.5, 0.6) is 0 Å². The maximum absolute atomic E-state index is 12.2. The number of ether oxygens (including phenoxy) is 1. The van der Waals surface area contributed by atoms with Crippen molar-refractivity contribution in [3.05, 3.63) is 36.5 Å². The minimum Gasteiger partial charge on any atom is -0.383 e. The highest BCUT2D eigenvalue weighted by Crippen LogP contribution is 2.26. The second-order valence-corrected chi connectivity index (χ2v) is 7.21. The van der Waals surface area contributed by atoms with E-state index in [2.05, 4.69) is 25.8 Å². The van der Waals surface area contributed by atoms with Gasteiger partial charge in [-0.2, -0.15) is 0 Å². The van der Waals surface area contributed by atoms with E-state index < -0.39 is 0 Å². The maximum Gasteiger partial charge on any atom is 0.234 e. The maximum atomic E-state index is 12.2. The zero-order valence-corrected chi connectivity index (χ0v) is 15.2. The first-order valence-electron chi connectivity index (χ1n) is 7.59. The summed E-state index contributed by atoms with van der Waals surface area (Å²) in [6.45, 7) is 1.27. The molecule has 0 aliphatic carbocycles. The Labute approximate surface area is 153 Å². The van der Waals surface area contributed by atoms with Crippen LogP contribution in [0.4, 0.5) is 10.8 Å². The topological polar surface area (TPSA) is 89.0 Å². The number of hydrogen-bond donors (Lipinski definition) is 2. The predicted molar refractivity (Wildman–Crippen MR) is 101 cm³/mol. The summed E-state index contributed by atoms with van der Waals surface area (Å²) in [6.07, 6.45) is 1.73. The fourth-order valence-electron chi connectivity index (χ4n) is 2.13. The van der Waals surface area contributed by atoms with Crippen LogP contribution < -0.4 is 10.6 Å². The molecule has 130 valence electrons. The normalized spacial score (nSPS) is 10.8. The molecule has 0 aliphatic heterocycles. The van der Waals surface area contributed by atoms with Gasteiger partial charge < -0.3 is 15.4 Å². The van der Waals surface area contributed by atoms with Crippen LogP contribution in [0.25, 0.3) is 10.9 Å². The minimum absolute atomic E-state index is 0.0922. The second-order valence-electron chi connectivity index (χ2n) is 5.01. The fraction of sp³-hybridized carbons (Fsp3) is 0.250. The lowest BCUT2D eigenvalue weighted by atomic mass is 10.2. The standard InChI is InChI=1S/C16H17N5O2S2/c1-23-9-8-18-15-20-21-16(25-15)24-10-14(22)19-13-6-2-5-12-11(13)4-3-7-17-12/h2-7H,8-10H2,1H3,(H,18,20)(H,19,22). The average molecular weight is 375 g/mol. The number of fused-ring (bicyclic) bond motifs is 1. The Balaban J connectivity index is 1.54. The molecular formula is C16H17N5O2S2. The number of anilines is 2. The molecule has 1 amide bonds. The van der Waals surface area contributed by atoms with E-state index in [1.807, 2.05) is 30.3 Å². The third kappa shape index (κ3) is 4.88. The summed E-state index contributed by atoms with van der Waals surface area (Å²) >= 11 is 2.78. The number of pyridine rings is 1.